The summed E-state index contributed by atoms with van der Waals surface area (Å²) in [7, 11) is -3.37. The first-order valence-corrected chi connectivity index (χ1v) is 6.93. The van der Waals surface area contributed by atoms with Gasteiger partial charge in [0.1, 0.15) is 5.15 Å². The number of nitrogens with zero attached hydrogens (tertiary/aromatic N) is 2. The van der Waals surface area contributed by atoms with Crippen LogP contribution in [0.15, 0.2) is 11.4 Å². The molecule has 1 aromatic heterocycles. The molecular weight excluding hydrogens is 236 g/mol. The minimum atomic E-state index is -3.37. The molecule has 1 aromatic rings. The quantitative estimate of drug-likeness (QED) is 0.603. The first kappa shape index (κ1) is 12.4. The van der Waals surface area contributed by atoms with Gasteiger partial charge in [-0.3, -0.25) is 0 Å². The normalized spacial score (nSPS) is 11.7. The van der Waals surface area contributed by atoms with Gasteiger partial charge in [-0.2, -0.15) is 0 Å². The smallest absolute Gasteiger partial charge is 0.226 e. The maximum absolute atomic E-state index is 11.1. The highest BCUT2D eigenvalue weighted by Crippen LogP contribution is 2.16. The van der Waals surface area contributed by atoms with Gasteiger partial charge in [0, 0.05) is 18.0 Å². The van der Waals surface area contributed by atoms with Crippen LogP contribution in [0, 0.1) is 0 Å². The molecule has 0 radical (unpaired) electrons. The molecule has 0 saturated heterocycles. The number of unbranched alkanes of at least 4 members (excludes halogenated alkanes) is 1. The van der Waals surface area contributed by atoms with E-state index in [1.807, 2.05) is 0 Å². The molecule has 6 heteroatoms. The summed E-state index contributed by atoms with van der Waals surface area (Å²) in [5.41, 5.74) is 0.797. The summed E-state index contributed by atoms with van der Waals surface area (Å²) in [5.74, 6) is 0. The number of aryl methyl sites for hydroxylation is 1. The van der Waals surface area contributed by atoms with Gasteiger partial charge >= 0.3 is 0 Å². The summed E-state index contributed by atoms with van der Waals surface area (Å²) in [5, 5.41) is 0.0200. The van der Waals surface area contributed by atoms with E-state index in [2.05, 4.69) is 16.9 Å². The van der Waals surface area contributed by atoms with E-state index in [9.17, 15) is 8.42 Å². The van der Waals surface area contributed by atoms with E-state index in [4.69, 9.17) is 11.6 Å². The zero-order valence-electron chi connectivity index (χ0n) is 8.70. The lowest BCUT2D eigenvalue weighted by Gasteiger charge is -2.03. The predicted molar refractivity (Wildman–Crippen MR) is 58.8 cm³/mol. The zero-order chi connectivity index (χ0) is 11.5. The Kier molecular flexibility index (Phi) is 4.04. The molecule has 0 unspecified atom stereocenters. The van der Waals surface area contributed by atoms with Gasteiger partial charge in [0.05, 0.1) is 0 Å². The van der Waals surface area contributed by atoms with Gasteiger partial charge in [-0.25, -0.2) is 18.4 Å². The van der Waals surface area contributed by atoms with Crippen LogP contribution < -0.4 is 0 Å². The van der Waals surface area contributed by atoms with Crippen LogP contribution in [-0.2, 0) is 16.3 Å². The Hall–Kier alpha value is -0.680. The van der Waals surface area contributed by atoms with Crippen molar-refractivity contribution < 1.29 is 8.42 Å². The summed E-state index contributed by atoms with van der Waals surface area (Å²) in [6, 6.07) is 0. The van der Waals surface area contributed by atoms with Crippen LogP contribution in [0.5, 0.6) is 0 Å². The summed E-state index contributed by atoms with van der Waals surface area (Å²) in [4.78, 5) is 7.54. The molecular formula is C9H13ClN2O2S. The van der Waals surface area contributed by atoms with E-state index >= 15 is 0 Å². The van der Waals surface area contributed by atoms with Gasteiger partial charge in [0.25, 0.3) is 0 Å². The molecule has 0 aliphatic rings. The molecule has 0 aliphatic carbocycles. The maximum Gasteiger partial charge on any atom is 0.248 e. The summed E-state index contributed by atoms with van der Waals surface area (Å²) < 4.78 is 22.3. The monoisotopic (exact) mass is 248 g/mol. The lowest BCUT2D eigenvalue weighted by atomic mass is 10.2. The Balaban J connectivity index is 2.99. The Morgan fingerprint density at radius 1 is 1.47 bits per heavy atom. The van der Waals surface area contributed by atoms with Crippen LogP contribution in [0.3, 0.4) is 0 Å². The molecule has 0 bridgehead atoms. The van der Waals surface area contributed by atoms with E-state index in [1.54, 1.807) is 0 Å². The van der Waals surface area contributed by atoms with Gasteiger partial charge < -0.3 is 0 Å². The summed E-state index contributed by atoms with van der Waals surface area (Å²) in [6.07, 6.45) is 5.36. The number of halogens is 1. The number of sulfone groups is 1. The third-order valence-corrected chi connectivity index (χ3v) is 3.11. The average Bonchev–Trinajstić information content (AvgIpc) is 2.14. The summed E-state index contributed by atoms with van der Waals surface area (Å²) >= 11 is 5.86. The van der Waals surface area contributed by atoms with Crippen molar-refractivity contribution in [1.82, 2.24) is 9.97 Å². The van der Waals surface area contributed by atoms with Crippen LogP contribution in [0.25, 0.3) is 0 Å². The van der Waals surface area contributed by atoms with Crippen molar-refractivity contribution in [2.45, 2.75) is 31.3 Å². The molecule has 84 valence electrons. The Labute approximate surface area is 94.6 Å². The highest BCUT2D eigenvalue weighted by atomic mass is 35.5. The highest BCUT2D eigenvalue weighted by molar-refractivity contribution is 7.90. The van der Waals surface area contributed by atoms with Crippen molar-refractivity contribution in [2.24, 2.45) is 0 Å². The van der Waals surface area contributed by atoms with E-state index in [-0.39, 0.29) is 10.3 Å². The standard InChI is InChI=1S/C9H13ClN2O2S/c1-3-4-5-7-6-11-9(12-8(7)10)15(2,13)14/h6H,3-5H2,1-2H3. The van der Waals surface area contributed by atoms with Gasteiger partial charge in [0.2, 0.25) is 15.0 Å². The van der Waals surface area contributed by atoms with Gasteiger partial charge in [-0.1, -0.05) is 24.9 Å². The molecule has 0 spiro atoms. The second kappa shape index (κ2) is 4.90. The Morgan fingerprint density at radius 2 is 2.13 bits per heavy atom. The minimum Gasteiger partial charge on any atom is -0.226 e. The first-order chi connectivity index (χ1) is 6.95. The molecule has 0 atom stereocenters. The van der Waals surface area contributed by atoms with Crippen molar-refractivity contribution in [2.75, 3.05) is 6.26 Å². The average molecular weight is 249 g/mol. The number of hydrogen-bond donors (Lipinski definition) is 0. The van der Waals surface area contributed by atoms with Crippen molar-refractivity contribution >= 4 is 21.4 Å². The number of rotatable bonds is 4. The molecule has 0 fully saturated rings. The third-order valence-electron chi connectivity index (χ3n) is 1.92. The van der Waals surface area contributed by atoms with E-state index in [0.717, 1.165) is 31.1 Å². The van der Waals surface area contributed by atoms with Crippen LogP contribution in [-0.4, -0.2) is 24.6 Å². The van der Waals surface area contributed by atoms with Crippen molar-refractivity contribution in [3.8, 4) is 0 Å². The van der Waals surface area contributed by atoms with E-state index in [0.29, 0.717) is 0 Å². The van der Waals surface area contributed by atoms with E-state index < -0.39 is 9.84 Å². The molecule has 0 saturated carbocycles. The molecule has 1 heterocycles. The molecule has 0 aliphatic heterocycles. The fraction of sp³-hybridized carbons (Fsp3) is 0.556. The Bertz CT molecular complexity index is 445. The first-order valence-electron chi connectivity index (χ1n) is 4.66. The predicted octanol–water partition coefficient (Wildman–Crippen LogP) is 1.88. The highest BCUT2D eigenvalue weighted by Gasteiger charge is 2.13. The fourth-order valence-corrected chi connectivity index (χ4v) is 1.86. The van der Waals surface area contributed by atoms with Crippen molar-refractivity contribution in [3.05, 3.63) is 16.9 Å². The summed E-state index contributed by atoms with van der Waals surface area (Å²) in [6.45, 7) is 2.07. The topological polar surface area (TPSA) is 59.9 Å². The number of aromatic nitrogens is 2. The fourth-order valence-electron chi connectivity index (χ4n) is 1.08. The number of hydrogen-bond acceptors (Lipinski definition) is 4. The second-order valence-electron chi connectivity index (χ2n) is 3.34. The van der Waals surface area contributed by atoms with E-state index in [1.165, 1.54) is 6.20 Å². The SMILES string of the molecule is CCCCc1cnc(S(C)(=O)=O)nc1Cl. The lowest BCUT2D eigenvalue weighted by molar-refractivity contribution is 0.592. The van der Waals surface area contributed by atoms with Crippen LogP contribution in [0.4, 0.5) is 0 Å². The molecule has 0 N–H and O–H groups in total. The Morgan fingerprint density at radius 3 is 2.60 bits per heavy atom. The lowest BCUT2D eigenvalue weighted by Crippen LogP contribution is -2.05. The molecule has 15 heavy (non-hydrogen) atoms. The minimum absolute atomic E-state index is 0.215. The van der Waals surface area contributed by atoms with Gasteiger partial charge in [-0.15, -0.1) is 0 Å². The van der Waals surface area contributed by atoms with Crippen molar-refractivity contribution in [3.63, 3.8) is 0 Å². The molecule has 1 rings (SSSR count). The van der Waals surface area contributed by atoms with Gasteiger partial charge in [0.15, 0.2) is 0 Å². The van der Waals surface area contributed by atoms with Crippen LogP contribution >= 0.6 is 11.6 Å². The second-order valence-corrected chi connectivity index (χ2v) is 5.61. The molecule has 4 nitrogen and oxygen atoms in total. The van der Waals surface area contributed by atoms with Crippen molar-refractivity contribution in [1.29, 1.82) is 0 Å². The zero-order valence-corrected chi connectivity index (χ0v) is 10.3. The molecule has 0 amide bonds. The molecule has 0 aromatic carbocycles. The largest absolute Gasteiger partial charge is 0.248 e. The third kappa shape index (κ3) is 3.43. The van der Waals surface area contributed by atoms with Gasteiger partial charge in [-0.05, 0) is 12.8 Å². The maximum atomic E-state index is 11.1. The van der Waals surface area contributed by atoms with Crippen LogP contribution in [0.1, 0.15) is 25.3 Å². The van der Waals surface area contributed by atoms with Crippen LogP contribution in [0.2, 0.25) is 5.15 Å².